The summed E-state index contributed by atoms with van der Waals surface area (Å²) in [6, 6.07) is 3.87. The number of amides is 1. The molecule has 0 aliphatic heterocycles. The van der Waals surface area contributed by atoms with Crippen molar-refractivity contribution < 1.29 is 14.7 Å². The number of carboxylic acids is 1. The number of hydrogen-bond acceptors (Lipinski definition) is 3. The second-order valence-corrected chi connectivity index (χ2v) is 6.06. The minimum Gasteiger partial charge on any atom is -0.481 e. The Hall–Kier alpha value is -1.36. The Morgan fingerprint density at radius 3 is 2.63 bits per heavy atom. The number of aliphatic carboxylic acids is 1. The van der Waals surface area contributed by atoms with Crippen LogP contribution in [0.15, 0.2) is 17.5 Å². The summed E-state index contributed by atoms with van der Waals surface area (Å²) in [5, 5.41) is 14.1. The van der Waals surface area contributed by atoms with Crippen LogP contribution in [0.25, 0.3) is 0 Å². The van der Waals surface area contributed by atoms with Crippen LogP contribution in [-0.4, -0.2) is 17.0 Å². The maximum atomic E-state index is 12.2. The molecule has 5 heteroatoms. The molecule has 0 spiro atoms. The van der Waals surface area contributed by atoms with Crippen molar-refractivity contribution in [1.82, 2.24) is 5.32 Å². The summed E-state index contributed by atoms with van der Waals surface area (Å²) in [6.45, 7) is 1.93. The van der Waals surface area contributed by atoms with Gasteiger partial charge in [0.15, 0.2) is 0 Å². The number of carbonyl (C=O) groups is 2. The quantitative estimate of drug-likeness (QED) is 0.891. The van der Waals surface area contributed by atoms with Crippen molar-refractivity contribution in [3.63, 3.8) is 0 Å². The van der Waals surface area contributed by atoms with E-state index in [1.807, 2.05) is 24.4 Å². The molecule has 0 bridgehead atoms. The van der Waals surface area contributed by atoms with Gasteiger partial charge in [0, 0.05) is 4.88 Å². The first-order valence-electron chi connectivity index (χ1n) is 6.66. The highest BCUT2D eigenvalue weighted by Gasteiger charge is 2.36. The number of hydrogen-bond donors (Lipinski definition) is 2. The van der Waals surface area contributed by atoms with Crippen LogP contribution < -0.4 is 5.32 Å². The Kier molecular flexibility index (Phi) is 4.58. The zero-order chi connectivity index (χ0) is 13.8. The molecular formula is C14H19NO3S. The smallest absolute Gasteiger partial charge is 0.307 e. The molecule has 19 heavy (non-hydrogen) atoms. The average Bonchev–Trinajstić information content (AvgIpc) is 2.92. The van der Waals surface area contributed by atoms with Crippen LogP contribution in [0.5, 0.6) is 0 Å². The van der Waals surface area contributed by atoms with Gasteiger partial charge in [-0.2, -0.15) is 0 Å². The first-order valence-corrected chi connectivity index (χ1v) is 7.54. The zero-order valence-electron chi connectivity index (χ0n) is 11.0. The normalized spacial score (nSPS) is 24.7. The van der Waals surface area contributed by atoms with Gasteiger partial charge in [0.05, 0.1) is 17.9 Å². The SMILES string of the molecule is C[C@H](NC(=O)[C@@H]1CCCC[C@@H]1C(=O)O)c1cccs1. The lowest BCUT2D eigenvalue weighted by molar-refractivity contribution is -0.149. The molecule has 1 aromatic rings. The monoisotopic (exact) mass is 281 g/mol. The second kappa shape index (κ2) is 6.19. The van der Waals surface area contributed by atoms with Crippen molar-refractivity contribution in [3.05, 3.63) is 22.4 Å². The summed E-state index contributed by atoms with van der Waals surface area (Å²) in [6.07, 6.45) is 3.14. The summed E-state index contributed by atoms with van der Waals surface area (Å²) in [5.74, 6) is -1.87. The van der Waals surface area contributed by atoms with Crippen molar-refractivity contribution in [2.45, 2.75) is 38.6 Å². The molecule has 0 aromatic carbocycles. The third-order valence-electron chi connectivity index (χ3n) is 3.75. The largest absolute Gasteiger partial charge is 0.481 e. The molecule has 1 heterocycles. The van der Waals surface area contributed by atoms with Crippen LogP contribution in [0.3, 0.4) is 0 Å². The molecule has 3 atom stereocenters. The summed E-state index contributed by atoms with van der Waals surface area (Å²) >= 11 is 1.60. The maximum Gasteiger partial charge on any atom is 0.307 e. The molecule has 2 N–H and O–H groups in total. The first kappa shape index (κ1) is 14.1. The van der Waals surface area contributed by atoms with E-state index in [0.29, 0.717) is 12.8 Å². The Bertz CT molecular complexity index is 444. The molecule has 1 fully saturated rings. The van der Waals surface area contributed by atoms with Crippen LogP contribution >= 0.6 is 11.3 Å². The van der Waals surface area contributed by atoms with Gasteiger partial charge in [0.1, 0.15) is 0 Å². The molecule has 0 saturated heterocycles. The second-order valence-electron chi connectivity index (χ2n) is 5.08. The number of rotatable bonds is 4. The molecule has 1 saturated carbocycles. The summed E-state index contributed by atoms with van der Waals surface area (Å²) in [5.41, 5.74) is 0. The van der Waals surface area contributed by atoms with Gasteiger partial charge in [0.25, 0.3) is 0 Å². The highest BCUT2D eigenvalue weighted by molar-refractivity contribution is 7.10. The van der Waals surface area contributed by atoms with Gasteiger partial charge in [-0.1, -0.05) is 18.9 Å². The number of carboxylic acid groups (broad SMARTS) is 1. The lowest BCUT2D eigenvalue weighted by Crippen LogP contribution is -2.40. The molecule has 2 rings (SSSR count). The lowest BCUT2D eigenvalue weighted by atomic mass is 9.78. The highest BCUT2D eigenvalue weighted by Crippen LogP contribution is 2.31. The van der Waals surface area contributed by atoms with E-state index in [1.165, 1.54) is 0 Å². The minimum atomic E-state index is -0.844. The van der Waals surface area contributed by atoms with Crippen molar-refractivity contribution >= 4 is 23.2 Å². The Labute approximate surface area is 116 Å². The molecule has 1 aromatic heterocycles. The molecular weight excluding hydrogens is 262 g/mol. The van der Waals surface area contributed by atoms with Gasteiger partial charge in [-0.25, -0.2) is 0 Å². The van der Waals surface area contributed by atoms with Crippen molar-refractivity contribution in [2.24, 2.45) is 11.8 Å². The fourth-order valence-electron chi connectivity index (χ4n) is 2.67. The van der Waals surface area contributed by atoms with E-state index in [9.17, 15) is 14.7 Å². The molecule has 4 nitrogen and oxygen atoms in total. The van der Waals surface area contributed by atoms with Crippen LogP contribution in [0, 0.1) is 11.8 Å². The summed E-state index contributed by atoms with van der Waals surface area (Å²) < 4.78 is 0. The number of nitrogens with one attached hydrogen (secondary N) is 1. The molecule has 0 radical (unpaired) electrons. The Morgan fingerprint density at radius 1 is 1.37 bits per heavy atom. The maximum absolute atomic E-state index is 12.2. The standard InChI is InChI=1S/C14H19NO3S/c1-9(12-7-4-8-19-12)15-13(16)10-5-2-3-6-11(10)14(17)18/h4,7-11H,2-3,5-6H2,1H3,(H,15,16)(H,17,18)/t9-,10+,11-/m0/s1. The third kappa shape index (κ3) is 3.35. The fraction of sp³-hybridized carbons (Fsp3) is 0.571. The first-order chi connectivity index (χ1) is 9.09. The number of carbonyl (C=O) groups excluding carboxylic acids is 1. The van der Waals surface area contributed by atoms with E-state index in [1.54, 1.807) is 11.3 Å². The van der Waals surface area contributed by atoms with E-state index in [4.69, 9.17) is 0 Å². The van der Waals surface area contributed by atoms with Crippen molar-refractivity contribution in [3.8, 4) is 0 Å². The molecule has 1 aliphatic rings. The predicted molar refractivity (Wildman–Crippen MR) is 74.0 cm³/mol. The van der Waals surface area contributed by atoms with E-state index in [-0.39, 0.29) is 17.9 Å². The van der Waals surface area contributed by atoms with Crippen LogP contribution in [0.2, 0.25) is 0 Å². The van der Waals surface area contributed by atoms with Gasteiger partial charge in [-0.05, 0) is 31.2 Å². The van der Waals surface area contributed by atoms with E-state index >= 15 is 0 Å². The lowest BCUT2D eigenvalue weighted by Gasteiger charge is -2.28. The zero-order valence-corrected chi connectivity index (χ0v) is 11.8. The predicted octanol–water partition coefficient (Wildman–Crippen LogP) is 2.82. The molecule has 0 unspecified atom stereocenters. The van der Waals surface area contributed by atoms with Gasteiger partial charge in [-0.15, -0.1) is 11.3 Å². The van der Waals surface area contributed by atoms with Gasteiger partial charge in [-0.3, -0.25) is 9.59 Å². The van der Waals surface area contributed by atoms with E-state index in [0.717, 1.165) is 17.7 Å². The average molecular weight is 281 g/mol. The highest BCUT2D eigenvalue weighted by atomic mass is 32.1. The Balaban J connectivity index is 2.00. The Morgan fingerprint density at radius 2 is 2.05 bits per heavy atom. The van der Waals surface area contributed by atoms with E-state index in [2.05, 4.69) is 5.32 Å². The fourth-order valence-corrected chi connectivity index (χ4v) is 3.40. The minimum absolute atomic E-state index is 0.0520. The van der Waals surface area contributed by atoms with Gasteiger partial charge < -0.3 is 10.4 Å². The summed E-state index contributed by atoms with van der Waals surface area (Å²) in [4.78, 5) is 24.5. The molecule has 1 amide bonds. The third-order valence-corrected chi connectivity index (χ3v) is 4.80. The van der Waals surface area contributed by atoms with Gasteiger partial charge in [0.2, 0.25) is 5.91 Å². The van der Waals surface area contributed by atoms with Crippen LogP contribution in [0.4, 0.5) is 0 Å². The summed E-state index contributed by atoms with van der Waals surface area (Å²) in [7, 11) is 0. The van der Waals surface area contributed by atoms with Crippen LogP contribution in [-0.2, 0) is 9.59 Å². The molecule has 1 aliphatic carbocycles. The van der Waals surface area contributed by atoms with Crippen molar-refractivity contribution in [1.29, 1.82) is 0 Å². The molecule has 104 valence electrons. The van der Waals surface area contributed by atoms with Gasteiger partial charge >= 0.3 is 5.97 Å². The van der Waals surface area contributed by atoms with E-state index < -0.39 is 11.9 Å². The topological polar surface area (TPSA) is 66.4 Å². The van der Waals surface area contributed by atoms with Crippen LogP contribution in [0.1, 0.15) is 43.5 Å². The van der Waals surface area contributed by atoms with Crippen molar-refractivity contribution in [2.75, 3.05) is 0 Å². The number of thiophene rings is 1.